The van der Waals surface area contributed by atoms with E-state index < -0.39 is 0 Å². The van der Waals surface area contributed by atoms with E-state index in [1.807, 2.05) is 6.92 Å². The summed E-state index contributed by atoms with van der Waals surface area (Å²) in [6.45, 7) is 4.17. The average Bonchev–Trinajstić information content (AvgIpc) is 3.08. The second-order valence-electron chi connectivity index (χ2n) is 5.55. The van der Waals surface area contributed by atoms with E-state index in [0.29, 0.717) is 12.1 Å². The summed E-state index contributed by atoms with van der Waals surface area (Å²) >= 11 is 0. The zero-order valence-electron chi connectivity index (χ0n) is 11.3. The third-order valence-corrected chi connectivity index (χ3v) is 4.40. The molecule has 104 valence electrons. The van der Waals surface area contributed by atoms with Crippen molar-refractivity contribution in [2.75, 3.05) is 13.1 Å². The summed E-state index contributed by atoms with van der Waals surface area (Å²) in [6.07, 6.45) is 7.91. The van der Waals surface area contributed by atoms with Crippen LogP contribution < -0.4 is 5.32 Å². The van der Waals surface area contributed by atoms with Gasteiger partial charge >= 0.3 is 0 Å². The normalized spacial score (nSPS) is 28.9. The van der Waals surface area contributed by atoms with Crippen LogP contribution in [0.25, 0.3) is 0 Å². The van der Waals surface area contributed by atoms with Gasteiger partial charge in [0.2, 0.25) is 5.91 Å². The molecule has 0 aromatic carbocycles. The van der Waals surface area contributed by atoms with Gasteiger partial charge in [0.05, 0.1) is 0 Å². The van der Waals surface area contributed by atoms with Crippen LogP contribution >= 0.6 is 0 Å². The summed E-state index contributed by atoms with van der Waals surface area (Å²) in [5.41, 5.74) is 0. The largest absolute Gasteiger partial charge is 0.350 e. The van der Waals surface area contributed by atoms with Crippen molar-refractivity contribution >= 4 is 5.91 Å². The number of aromatic nitrogens is 3. The molecule has 6 nitrogen and oxygen atoms in total. The van der Waals surface area contributed by atoms with Crippen molar-refractivity contribution in [3.8, 4) is 0 Å². The quantitative estimate of drug-likeness (QED) is 0.866. The highest BCUT2D eigenvalue weighted by Crippen LogP contribution is 2.27. The monoisotopic (exact) mass is 263 g/mol. The Morgan fingerprint density at radius 3 is 3.05 bits per heavy atom. The third-order valence-electron chi connectivity index (χ3n) is 4.40. The van der Waals surface area contributed by atoms with E-state index >= 15 is 0 Å². The Balaban J connectivity index is 1.60. The lowest BCUT2D eigenvalue weighted by Gasteiger charge is -2.32. The summed E-state index contributed by atoms with van der Waals surface area (Å²) in [4.78, 5) is 18.7. The minimum atomic E-state index is -0.292. The first kappa shape index (κ1) is 12.6. The number of piperidine rings is 1. The van der Waals surface area contributed by atoms with Gasteiger partial charge in [-0.05, 0) is 32.7 Å². The van der Waals surface area contributed by atoms with Gasteiger partial charge < -0.3 is 5.32 Å². The van der Waals surface area contributed by atoms with E-state index in [0.717, 1.165) is 13.0 Å². The Kier molecular flexibility index (Phi) is 3.50. The third kappa shape index (κ3) is 2.49. The molecular formula is C13H21N5O. The molecule has 1 aromatic heterocycles. The molecule has 2 aliphatic heterocycles. The Bertz CT molecular complexity index is 432. The summed E-state index contributed by atoms with van der Waals surface area (Å²) in [6, 6.07) is 0.555. The van der Waals surface area contributed by atoms with Gasteiger partial charge in [-0.15, -0.1) is 0 Å². The highest BCUT2D eigenvalue weighted by atomic mass is 16.2. The van der Waals surface area contributed by atoms with E-state index in [2.05, 4.69) is 20.3 Å². The second kappa shape index (κ2) is 5.28. The number of amides is 1. The zero-order chi connectivity index (χ0) is 13.2. The van der Waals surface area contributed by atoms with Crippen LogP contribution in [0.4, 0.5) is 0 Å². The summed E-state index contributed by atoms with van der Waals surface area (Å²) in [5.74, 6) is 0.0444. The number of rotatable bonds is 3. The number of carbonyl (C=O) groups is 1. The Morgan fingerprint density at radius 2 is 2.26 bits per heavy atom. The number of hydrogen-bond donors (Lipinski definition) is 1. The lowest BCUT2D eigenvalue weighted by Crippen LogP contribution is -2.48. The van der Waals surface area contributed by atoms with Crippen molar-refractivity contribution in [3.63, 3.8) is 0 Å². The molecule has 2 saturated heterocycles. The zero-order valence-corrected chi connectivity index (χ0v) is 11.3. The maximum Gasteiger partial charge on any atom is 0.244 e. The molecule has 0 unspecified atom stereocenters. The van der Waals surface area contributed by atoms with E-state index in [4.69, 9.17) is 0 Å². The average molecular weight is 263 g/mol. The maximum absolute atomic E-state index is 12.3. The Morgan fingerprint density at radius 1 is 1.37 bits per heavy atom. The molecular weight excluding hydrogens is 242 g/mol. The van der Waals surface area contributed by atoms with E-state index in [-0.39, 0.29) is 11.9 Å². The highest BCUT2D eigenvalue weighted by Gasteiger charge is 2.36. The van der Waals surface area contributed by atoms with Crippen LogP contribution in [0.15, 0.2) is 12.7 Å². The van der Waals surface area contributed by atoms with Crippen LogP contribution in [0.5, 0.6) is 0 Å². The van der Waals surface area contributed by atoms with Crippen molar-refractivity contribution in [2.45, 2.75) is 50.7 Å². The number of hydrogen-bond acceptors (Lipinski definition) is 4. The molecule has 1 aromatic rings. The predicted molar refractivity (Wildman–Crippen MR) is 70.5 cm³/mol. The Labute approximate surface area is 113 Å². The van der Waals surface area contributed by atoms with Gasteiger partial charge in [0.15, 0.2) is 0 Å². The number of carbonyl (C=O) groups excluding carboxylic acids is 1. The van der Waals surface area contributed by atoms with Gasteiger partial charge in [-0.2, -0.15) is 5.10 Å². The highest BCUT2D eigenvalue weighted by molar-refractivity contribution is 5.80. The molecule has 0 radical (unpaired) electrons. The molecule has 6 heteroatoms. The molecule has 0 aliphatic carbocycles. The van der Waals surface area contributed by atoms with Crippen molar-refractivity contribution in [2.24, 2.45) is 0 Å². The minimum absolute atomic E-state index is 0.0444. The number of fused-ring (bicyclic) bond motifs is 1. The maximum atomic E-state index is 12.3. The summed E-state index contributed by atoms with van der Waals surface area (Å²) in [7, 11) is 0. The SMILES string of the molecule is C[C@H](C(=O)N[C@@H]1CCN2CCCC[C@@H]12)n1cncn1. The first-order valence-corrected chi connectivity index (χ1v) is 7.14. The molecule has 2 aliphatic rings. The molecule has 3 atom stereocenters. The molecule has 1 amide bonds. The molecule has 19 heavy (non-hydrogen) atoms. The Hall–Kier alpha value is -1.43. The fraction of sp³-hybridized carbons (Fsp3) is 0.769. The smallest absolute Gasteiger partial charge is 0.244 e. The fourth-order valence-electron chi connectivity index (χ4n) is 3.26. The molecule has 0 bridgehead atoms. The van der Waals surface area contributed by atoms with Crippen molar-refractivity contribution < 1.29 is 4.79 Å². The molecule has 3 heterocycles. The standard InChI is InChI=1S/C13H21N5O/c1-10(18-9-14-8-15-18)13(19)16-11-5-7-17-6-3-2-4-12(11)17/h8-12H,2-7H2,1H3,(H,16,19)/t10-,11-,12+/m1/s1. The lowest BCUT2D eigenvalue weighted by atomic mass is 9.99. The van der Waals surface area contributed by atoms with E-state index in [1.54, 1.807) is 11.0 Å². The topological polar surface area (TPSA) is 63.1 Å². The van der Waals surface area contributed by atoms with Crippen LogP contribution in [0.1, 0.15) is 38.6 Å². The van der Waals surface area contributed by atoms with Gasteiger partial charge in [0.1, 0.15) is 18.7 Å². The van der Waals surface area contributed by atoms with Crippen LogP contribution in [0.3, 0.4) is 0 Å². The van der Waals surface area contributed by atoms with Gasteiger partial charge in [-0.1, -0.05) is 6.42 Å². The van der Waals surface area contributed by atoms with Gasteiger partial charge in [0.25, 0.3) is 0 Å². The second-order valence-corrected chi connectivity index (χ2v) is 5.55. The fourth-order valence-corrected chi connectivity index (χ4v) is 3.26. The van der Waals surface area contributed by atoms with Crippen molar-refractivity contribution in [1.82, 2.24) is 25.0 Å². The van der Waals surface area contributed by atoms with Crippen molar-refractivity contribution in [3.05, 3.63) is 12.7 Å². The van der Waals surface area contributed by atoms with Gasteiger partial charge in [0, 0.05) is 18.6 Å². The lowest BCUT2D eigenvalue weighted by molar-refractivity contribution is -0.125. The molecule has 3 rings (SSSR count). The molecule has 1 N–H and O–H groups in total. The van der Waals surface area contributed by atoms with Crippen LogP contribution in [0, 0.1) is 0 Å². The van der Waals surface area contributed by atoms with Gasteiger partial charge in [-0.25, -0.2) is 9.67 Å². The summed E-state index contributed by atoms with van der Waals surface area (Å²) < 4.78 is 1.60. The minimum Gasteiger partial charge on any atom is -0.350 e. The first-order chi connectivity index (χ1) is 9.25. The van der Waals surface area contributed by atoms with E-state index in [9.17, 15) is 4.79 Å². The summed E-state index contributed by atoms with van der Waals surface area (Å²) in [5, 5.41) is 7.22. The van der Waals surface area contributed by atoms with Crippen LogP contribution in [0.2, 0.25) is 0 Å². The van der Waals surface area contributed by atoms with Crippen LogP contribution in [-0.2, 0) is 4.79 Å². The number of nitrogens with zero attached hydrogens (tertiary/aromatic N) is 4. The first-order valence-electron chi connectivity index (χ1n) is 7.14. The van der Waals surface area contributed by atoms with Crippen LogP contribution in [-0.4, -0.2) is 50.7 Å². The van der Waals surface area contributed by atoms with Crippen molar-refractivity contribution in [1.29, 1.82) is 0 Å². The van der Waals surface area contributed by atoms with E-state index in [1.165, 1.54) is 32.1 Å². The predicted octanol–water partition coefficient (Wildman–Crippen LogP) is 0.582. The van der Waals surface area contributed by atoms with Gasteiger partial charge in [-0.3, -0.25) is 9.69 Å². The molecule has 0 saturated carbocycles. The molecule has 0 spiro atoms. The number of nitrogens with one attached hydrogen (secondary N) is 1. The molecule has 2 fully saturated rings.